The summed E-state index contributed by atoms with van der Waals surface area (Å²) in [5.41, 5.74) is 0.763. The molecule has 0 bridgehead atoms. The number of anilines is 1. The van der Waals surface area contributed by atoms with Crippen LogP contribution in [-0.4, -0.2) is 34.2 Å². The van der Waals surface area contributed by atoms with E-state index >= 15 is 0 Å². The minimum Gasteiger partial charge on any atom is -0.344 e. The number of carbonyl (C=O) groups excluding carboxylic acids is 2. The molecular formula is C15H24N4O2. The number of rotatable bonds is 4. The van der Waals surface area contributed by atoms with Gasteiger partial charge in [-0.05, 0) is 19.8 Å². The molecule has 2 heterocycles. The molecule has 1 fully saturated rings. The van der Waals surface area contributed by atoms with Crippen LogP contribution in [0.1, 0.15) is 46.6 Å². The first-order chi connectivity index (χ1) is 9.93. The first kappa shape index (κ1) is 15.5. The quantitative estimate of drug-likeness (QED) is 0.919. The van der Waals surface area contributed by atoms with Gasteiger partial charge in [-0.25, -0.2) is 0 Å². The second kappa shape index (κ2) is 6.28. The molecular weight excluding hydrogens is 268 g/mol. The minimum atomic E-state index is -0.451. The second-order valence-corrected chi connectivity index (χ2v) is 5.94. The highest BCUT2D eigenvalue weighted by Crippen LogP contribution is 2.21. The number of hydrogen-bond donors (Lipinski definition) is 1. The Hall–Kier alpha value is -1.85. The van der Waals surface area contributed by atoms with Crippen molar-refractivity contribution in [2.75, 3.05) is 11.4 Å². The Labute approximate surface area is 125 Å². The van der Waals surface area contributed by atoms with Crippen LogP contribution in [0.25, 0.3) is 0 Å². The highest BCUT2D eigenvalue weighted by molar-refractivity contribution is 6.01. The second-order valence-electron chi connectivity index (χ2n) is 5.94. The molecule has 2 unspecified atom stereocenters. The molecule has 1 aromatic rings. The molecule has 1 aromatic heterocycles. The predicted octanol–water partition coefficient (Wildman–Crippen LogP) is 1.73. The molecule has 21 heavy (non-hydrogen) atoms. The zero-order chi connectivity index (χ0) is 15.6. The maximum absolute atomic E-state index is 12.7. The Kier molecular flexibility index (Phi) is 4.65. The van der Waals surface area contributed by atoms with E-state index in [4.69, 9.17) is 0 Å². The van der Waals surface area contributed by atoms with Gasteiger partial charge >= 0.3 is 0 Å². The van der Waals surface area contributed by atoms with Gasteiger partial charge in [0.25, 0.3) is 0 Å². The van der Waals surface area contributed by atoms with Gasteiger partial charge in [0.1, 0.15) is 6.04 Å². The van der Waals surface area contributed by atoms with Crippen molar-refractivity contribution in [2.24, 2.45) is 5.92 Å². The average molecular weight is 292 g/mol. The van der Waals surface area contributed by atoms with Crippen molar-refractivity contribution in [2.45, 2.75) is 52.6 Å². The largest absolute Gasteiger partial charge is 0.344 e. The van der Waals surface area contributed by atoms with Crippen LogP contribution in [0.4, 0.5) is 5.69 Å². The number of hydrogen-bond acceptors (Lipinski definition) is 3. The van der Waals surface area contributed by atoms with Crippen molar-refractivity contribution in [1.82, 2.24) is 15.1 Å². The van der Waals surface area contributed by atoms with Crippen LogP contribution < -0.4 is 10.2 Å². The number of aromatic nitrogens is 2. The Morgan fingerprint density at radius 2 is 2.10 bits per heavy atom. The van der Waals surface area contributed by atoms with Crippen LogP contribution in [0.2, 0.25) is 0 Å². The highest BCUT2D eigenvalue weighted by Gasteiger charge is 2.34. The molecule has 0 spiro atoms. The summed E-state index contributed by atoms with van der Waals surface area (Å²) >= 11 is 0. The SMILES string of the molecule is CCC(C)C1NC(=O)CCN(c2cnn(C(C)C)c2)C1=O. The van der Waals surface area contributed by atoms with Crippen molar-refractivity contribution < 1.29 is 9.59 Å². The van der Waals surface area contributed by atoms with E-state index in [0.717, 1.165) is 12.1 Å². The Morgan fingerprint density at radius 1 is 1.38 bits per heavy atom. The van der Waals surface area contributed by atoms with Gasteiger partial charge in [-0.15, -0.1) is 0 Å². The van der Waals surface area contributed by atoms with E-state index < -0.39 is 6.04 Å². The monoisotopic (exact) mass is 292 g/mol. The Balaban J connectivity index is 2.28. The molecule has 0 saturated carbocycles. The van der Waals surface area contributed by atoms with Crippen molar-refractivity contribution in [1.29, 1.82) is 0 Å². The number of nitrogens with one attached hydrogen (secondary N) is 1. The standard InChI is InChI=1S/C15H24N4O2/c1-5-11(4)14-15(21)18(7-6-13(20)17-14)12-8-16-19(9-12)10(2)3/h8-11,14H,5-7H2,1-4H3,(H,17,20). The van der Waals surface area contributed by atoms with Crippen LogP contribution in [-0.2, 0) is 9.59 Å². The van der Waals surface area contributed by atoms with Crippen molar-refractivity contribution >= 4 is 17.5 Å². The first-order valence-corrected chi connectivity index (χ1v) is 7.59. The third-order valence-electron chi connectivity index (χ3n) is 4.05. The molecule has 6 heteroatoms. The predicted molar refractivity (Wildman–Crippen MR) is 81.0 cm³/mol. The van der Waals surface area contributed by atoms with Crippen LogP contribution in [0.15, 0.2) is 12.4 Å². The summed E-state index contributed by atoms with van der Waals surface area (Å²) in [7, 11) is 0. The highest BCUT2D eigenvalue weighted by atomic mass is 16.2. The van der Waals surface area contributed by atoms with Crippen molar-refractivity contribution in [3.8, 4) is 0 Å². The molecule has 1 aliphatic rings. The number of nitrogens with zero attached hydrogens (tertiary/aromatic N) is 3. The molecule has 0 aromatic carbocycles. The number of carbonyl (C=O) groups is 2. The van der Waals surface area contributed by atoms with E-state index in [-0.39, 0.29) is 23.8 Å². The lowest BCUT2D eigenvalue weighted by Gasteiger charge is -2.26. The van der Waals surface area contributed by atoms with E-state index in [0.29, 0.717) is 13.0 Å². The summed E-state index contributed by atoms with van der Waals surface area (Å²) < 4.78 is 1.82. The van der Waals surface area contributed by atoms with Gasteiger partial charge in [-0.1, -0.05) is 20.3 Å². The number of amides is 2. The summed E-state index contributed by atoms with van der Waals surface area (Å²) in [5, 5.41) is 7.13. The summed E-state index contributed by atoms with van der Waals surface area (Å²) in [4.78, 5) is 26.3. The van der Waals surface area contributed by atoms with E-state index in [1.165, 1.54) is 0 Å². The lowest BCUT2D eigenvalue weighted by atomic mass is 9.98. The molecule has 0 radical (unpaired) electrons. The minimum absolute atomic E-state index is 0.0430. The maximum atomic E-state index is 12.7. The van der Waals surface area contributed by atoms with Crippen LogP contribution in [0, 0.1) is 5.92 Å². The van der Waals surface area contributed by atoms with Crippen LogP contribution in [0.5, 0.6) is 0 Å². The summed E-state index contributed by atoms with van der Waals surface area (Å²) in [6.07, 6.45) is 4.73. The third-order valence-corrected chi connectivity index (χ3v) is 4.05. The van der Waals surface area contributed by atoms with Gasteiger partial charge in [0, 0.05) is 25.2 Å². The van der Waals surface area contributed by atoms with E-state index in [2.05, 4.69) is 10.4 Å². The molecule has 1 saturated heterocycles. The lowest BCUT2D eigenvalue weighted by molar-refractivity contribution is -0.126. The van der Waals surface area contributed by atoms with Crippen LogP contribution in [0.3, 0.4) is 0 Å². The normalized spacial score (nSPS) is 21.4. The van der Waals surface area contributed by atoms with Crippen molar-refractivity contribution in [3.63, 3.8) is 0 Å². The fraction of sp³-hybridized carbons (Fsp3) is 0.667. The smallest absolute Gasteiger partial charge is 0.249 e. The van der Waals surface area contributed by atoms with E-state index in [9.17, 15) is 9.59 Å². The van der Waals surface area contributed by atoms with Gasteiger partial charge in [-0.2, -0.15) is 5.10 Å². The zero-order valence-corrected chi connectivity index (χ0v) is 13.2. The maximum Gasteiger partial charge on any atom is 0.249 e. The zero-order valence-electron chi connectivity index (χ0n) is 13.2. The molecule has 116 valence electrons. The Morgan fingerprint density at radius 3 is 2.67 bits per heavy atom. The third kappa shape index (κ3) is 3.25. The topological polar surface area (TPSA) is 67.2 Å². The van der Waals surface area contributed by atoms with Gasteiger partial charge in [-0.3, -0.25) is 14.3 Å². The first-order valence-electron chi connectivity index (χ1n) is 7.59. The van der Waals surface area contributed by atoms with E-state index in [1.54, 1.807) is 11.1 Å². The molecule has 2 atom stereocenters. The molecule has 2 amide bonds. The summed E-state index contributed by atoms with van der Waals surface area (Å²) in [6, 6.07) is -0.210. The lowest BCUT2D eigenvalue weighted by Crippen LogP contribution is -2.48. The summed E-state index contributed by atoms with van der Waals surface area (Å²) in [6.45, 7) is 8.49. The average Bonchev–Trinajstić information content (AvgIpc) is 2.88. The van der Waals surface area contributed by atoms with Crippen molar-refractivity contribution in [3.05, 3.63) is 12.4 Å². The van der Waals surface area contributed by atoms with E-state index in [1.807, 2.05) is 38.6 Å². The van der Waals surface area contributed by atoms with Gasteiger partial charge < -0.3 is 10.2 Å². The molecule has 1 aliphatic heterocycles. The van der Waals surface area contributed by atoms with Gasteiger partial charge in [0.15, 0.2) is 0 Å². The molecule has 6 nitrogen and oxygen atoms in total. The van der Waals surface area contributed by atoms with Crippen LogP contribution >= 0.6 is 0 Å². The fourth-order valence-electron chi connectivity index (χ4n) is 2.43. The molecule has 1 N–H and O–H groups in total. The Bertz CT molecular complexity index is 523. The van der Waals surface area contributed by atoms with Gasteiger partial charge in [0.2, 0.25) is 11.8 Å². The summed E-state index contributed by atoms with van der Waals surface area (Å²) in [5.74, 6) is 0.00750. The van der Waals surface area contributed by atoms with Gasteiger partial charge in [0.05, 0.1) is 11.9 Å². The fourth-order valence-corrected chi connectivity index (χ4v) is 2.43. The molecule has 2 rings (SSSR count). The molecule has 0 aliphatic carbocycles.